The number of esters is 3. The molecule has 0 rings (SSSR count). The van der Waals surface area contributed by atoms with Crippen molar-refractivity contribution in [3.05, 3.63) is 0 Å². The highest BCUT2D eigenvalue weighted by Crippen LogP contribution is 2.19. The van der Waals surface area contributed by atoms with E-state index in [4.69, 9.17) is 14.2 Å². The number of hydrogen-bond acceptors (Lipinski definition) is 6. The van der Waals surface area contributed by atoms with Crippen LogP contribution in [0.15, 0.2) is 0 Å². The van der Waals surface area contributed by atoms with Crippen LogP contribution in [0, 0.1) is 17.8 Å². The zero-order valence-corrected chi connectivity index (χ0v) is 44.8. The minimum Gasteiger partial charge on any atom is -0.462 e. The Kier molecular flexibility index (Phi) is 49.1. The zero-order chi connectivity index (χ0) is 47.7. The van der Waals surface area contributed by atoms with Crippen LogP contribution in [-0.2, 0) is 28.6 Å². The molecule has 0 amide bonds. The third-order valence-electron chi connectivity index (χ3n) is 13.8. The summed E-state index contributed by atoms with van der Waals surface area (Å²) >= 11 is 0. The Morgan fingerprint density at radius 1 is 0.308 bits per heavy atom. The van der Waals surface area contributed by atoms with E-state index in [1.165, 1.54) is 205 Å². The summed E-state index contributed by atoms with van der Waals surface area (Å²) in [7, 11) is 0. The van der Waals surface area contributed by atoms with Crippen LogP contribution in [-0.4, -0.2) is 37.2 Å². The van der Waals surface area contributed by atoms with Gasteiger partial charge >= 0.3 is 17.9 Å². The summed E-state index contributed by atoms with van der Waals surface area (Å²) in [5.74, 6) is 1.69. The first-order valence-electron chi connectivity index (χ1n) is 29.1. The van der Waals surface area contributed by atoms with Crippen molar-refractivity contribution in [1.82, 2.24) is 0 Å². The fourth-order valence-electron chi connectivity index (χ4n) is 8.97. The van der Waals surface area contributed by atoms with Crippen molar-refractivity contribution in [1.29, 1.82) is 0 Å². The van der Waals surface area contributed by atoms with Crippen LogP contribution < -0.4 is 0 Å². The van der Waals surface area contributed by atoms with E-state index in [0.717, 1.165) is 75.5 Å². The Balaban J connectivity index is 4.23. The minimum absolute atomic E-state index is 0.0642. The number of unbranched alkanes of at least 4 members (excludes halogenated alkanes) is 34. The van der Waals surface area contributed by atoms with Gasteiger partial charge in [-0.2, -0.15) is 0 Å². The SMILES string of the molecule is CCC(C)CCCCCCCCCCCCCCCCCCCCC(=O)O[C@H](COC(=O)CCCCCCCCCCCCCC(C)C)COC(=O)CCCCCCCCCCC(C)C. The molecule has 0 aromatic heterocycles. The molecule has 386 valence electrons. The van der Waals surface area contributed by atoms with E-state index >= 15 is 0 Å². The summed E-state index contributed by atoms with van der Waals surface area (Å²) in [5, 5.41) is 0. The standard InChI is InChI=1S/C59H114O6/c1-7-55(6)47-41-35-29-22-18-14-12-10-8-9-11-13-15-19-24-32-38-44-50-59(62)65-56(52-64-58(61)49-43-37-31-26-25-28-34-40-46-54(4)5)51-63-57(60)48-42-36-30-23-20-16-17-21-27-33-39-45-53(2)3/h53-56H,7-52H2,1-6H3/t55?,56-/m1/s1. The molecule has 2 atom stereocenters. The van der Waals surface area contributed by atoms with Crippen molar-refractivity contribution in [2.24, 2.45) is 17.8 Å². The summed E-state index contributed by atoms with van der Waals surface area (Å²) in [6, 6.07) is 0. The van der Waals surface area contributed by atoms with Gasteiger partial charge in [-0.25, -0.2) is 0 Å². The number of carbonyl (C=O) groups excluding carboxylic acids is 3. The molecule has 6 heteroatoms. The molecule has 0 aromatic carbocycles. The Hall–Kier alpha value is -1.59. The molecule has 65 heavy (non-hydrogen) atoms. The lowest BCUT2D eigenvalue weighted by Crippen LogP contribution is -2.30. The van der Waals surface area contributed by atoms with E-state index in [1.54, 1.807) is 0 Å². The predicted molar refractivity (Wildman–Crippen MR) is 279 cm³/mol. The minimum atomic E-state index is -0.764. The van der Waals surface area contributed by atoms with Crippen molar-refractivity contribution < 1.29 is 28.6 Å². The maximum Gasteiger partial charge on any atom is 0.306 e. The van der Waals surface area contributed by atoms with Crippen LogP contribution in [0.1, 0.15) is 324 Å². The van der Waals surface area contributed by atoms with Gasteiger partial charge in [0.2, 0.25) is 0 Å². The Bertz CT molecular complexity index is 1010. The highest BCUT2D eigenvalue weighted by Gasteiger charge is 2.19. The van der Waals surface area contributed by atoms with E-state index < -0.39 is 6.10 Å². The molecule has 0 aliphatic carbocycles. The molecule has 6 nitrogen and oxygen atoms in total. The lowest BCUT2D eigenvalue weighted by atomic mass is 9.99. The van der Waals surface area contributed by atoms with Crippen molar-refractivity contribution >= 4 is 17.9 Å². The normalized spacial score (nSPS) is 12.6. The maximum absolute atomic E-state index is 12.9. The van der Waals surface area contributed by atoms with Crippen LogP contribution in [0.4, 0.5) is 0 Å². The van der Waals surface area contributed by atoms with Gasteiger partial charge in [0.15, 0.2) is 6.10 Å². The molecule has 0 saturated heterocycles. The molecule has 0 fully saturated rings. The van der Waals surface area contributed by atoms with Crippen LogP contribution in [0.2, 0.25) is 0 Å². The van der Waals surface area contributed by atoms with Gasteiger partial charge in [-0.15, -0.1) is 0 Å². The first-order chi connectivity index (χ1) is 31.6. The van der Waals surface area contributed by atoms with Crippen molar-refractivity contribution in [2.45, 2.75) is 330 Å². The lowest BCUT2D eigenvalue weighted by molar-refractivity contribution is -0.167. The van der Waals surface area contributed by atoms with Gasteiger partial charge < -0.3 is 14.2 Å². The van der Waals surface area contributed by atoms with Crippen molar-refractivity contribution in [3.8, 4) is 0 Å². The van der Waals surface area contributed by atoms with Gasteiger partial charge in [0.1, 0.15) is 13.2 Å². The molecule has 0 bridgehead atoms. The average molecular weight is 920 g/mol. The third-order valence-corrected chi connectivity index (χ3v) is 13.8. The topological polar surface area (TPSA) is 78.9 Å². The first kappa shape index (κ1) is 63.4. The van der Waals surface area contributed by atoms with Crippen LogP contribution in [0.3, 0.4) is 0 Å². The Labute approximate surface area is 406 Å². The second-order valence-corrected chi connectivity index (χ2v) is 21.5. The molecular formula is C59H114O6. The fourth-order valence-corrected chi connectivity index (χ4v) is 8.97. The van der Waals surface area contributed by atoms with E-state index in [2.05, 4.69) is 41.5 Å². The Morgan fingerprint density at radius 3 is 0.800 bits per heavy atom. The number of rotatable bonds is 52. The molecule has 0 N–H and O–H groups in total. The second kappa shape index (κ2) is 50.3. The molecular weight excluding hydrogens is 805 g/mol. The van der Waals surface area contributed by atoms with Gasteiger partial charge in [0.25, 0.3) is 0 Å². The molecule has 0 saturated carbocycles. The summed E-state index contributed by atoms with van der Waals surface area (Å²) in [6.07, 6.45) is 52.4. The smallest absolute Gasteiger partial charge is 0.306 e. The third kappa shape index (κ3) is 51.6. The van der Waals surface area contributed by atoms with Crippen LogP contribution >= 0.6 is 0 Å². The highest BCUT2D eigenvalue weighted by atomic mass is 16.6. The maximum atomic E-state index is 12.9. The van der Waals surface area contributed by atoms with Crippen molar-refractivity contribution in [2.75, 3.05) is 13.2 Å². The van der Waals surface area contributed by atoms with E-state index in [0.29, 0.717) is 19.3 Å². The van der Waals surface area contributed by atoms with Gasteiger partial charge in [0, 0.05) is 19.3 Å². The molecule has 0 radical (unpaired) electrons. The molecule has 0 heterocycles. The Morgan fingerprint density at radius 2 is 0.538 bits per heavy atom. The lowest BCUT2D eigenvalue weighted by Gasteiger charge is -2.18. The average Bonchev–Trinajstić information content (AvgIpc) is 3.28. The number of hydrogen-bond donors (Lipinski definition) is 0. The van der Waals surface area contributed by atoms with Crippen molar-refractivity contribution in [3.63, 3.8) is 0 Å². The second-order valence-electron chi connectivity index (χ2n) is 21.5. The summed E-state index contributed by atoms with van der Waals surface area (Å²) in [6.45, 7) is 13.8. The van der Waals surface area contributed by atoms with Crippen LogP contribution in [0.5, 0.6) is 0 Å². The molecule has 0 aromatic rings. The summed E-state index contributed by atoms with van der Waals surface area (Å²) in [5.41, 5.74) is 0. The molecule has 0 aliphatic heterocycles. The van der Waals surface area contributed by atoms with E-state index in [9.17, 15) is 14.4 Å². The highest BCUT2D eigenvalue weighted by molar-refractivity contribution is 5.71. The number of carbonyl (C=O) groups is 3. The monoisotopic (exact) mass is 919 g/mol. The fraction of sp³-hybridized carbons (Fsp3) is 0.949. The van der Waals surface area contributed by atoms with Gasteiger partial charge in [-0.3, -0.25) is 14.4 Å². The van der Waals surface area contributed by atoms with E-state index in [-0.39, 0.29) is 31.1 Å². The van der Waals surface area contributed by atoms with E-state index in [1.807, 2.05) is 0 Å². The predicted octanol–water partition coefficient (Wildman–Crippen LogP) is 19.1. The van der Waals surface area contributed by atoms with Gasteiger partial charge in [-0.05, 0) is 37.0 Å². The molecule has 0 spiro atoms. The summed E-state index contributed by atoms with van der Waals surface area (Å²) in [4.78, 5) is 38.1. The molecule has 0 aliphatic rings. The number of ether oxygens (including phenoxy) is 3. The molecule has 1 unspecified atom stereocenters. The van der Waals surface area contributed by atoms with Gasteiger partial charge in [0.05, 0.1) is 0 Å². The van der Waals surface area contributed by atoms with Gasteiger partial charge in [-0.1, -0.05) is 286 Å². The quantitative estimate of drug-likeness (QED) is 0.0344. The zero-order valence-electron chi connectivity index (χ0n) is 44.8. The van der Waals surface area contributed by atoms with Crippen LogP contribution in [0.25, 0.3) is 0 Å². The largest absolute Gasteiger partial charge is 0.462 e. The summed E-state index contributed by atoms with van der Waals surface area (Å²) < 4.78 is 16.9. The first-order valence-corrected chi connectivity index (χ1v) is 29.1.